The summed E-state index contributed by atoms with van der Waals surface area (Å²) in [6, 6.07) is 13.5. The third-order valence-corrected chi connectivity index (χ3v) is 3.03. The average Bonchev–Trinajstić information content (AvgIpc) is 2.33. The third kappa shape index (κ3) is 2.77. The monoisotopic (exact) mass is 243 g/mol. The van der Waals surface area contributed by atoms with Gasteiger partial charge in [0, 0.05) is 6.54 Å². The fourth-order valence-corrected chi connectivity index (χ4v) is 2.08. The molecule has 0 aliphatic rings. The Morgan fingerprint density at radius 2 is 1.67 bits per heavy atom. The normalized spacial score (nSPS) is 10.9. The molecule has 0 saturated carbocycles. The van der Waals surface area contributed by atoms with Crippen molar-refractivity contribution in [1.29, 1.82) is 0 Å². The van der Waals surface area contributed by atoms with E-state index in [1.807, 2.05) is 27.1 Å². The van der Waals surface area contributed by atoms with E-state index in [1.54, 1.807) is 6.07 Å². The highest BCUT2D eigenvalue weighted by Crippen LogP contribution is 2.25. The molecule has 2 aromatic carbocycles. The molecule has 0 saturated heterocycles. The highest BCUT2D eigenvalue weighted by atomic mass is 19.1. The zero-order valence-corrected chi connectivity index (χ0v) is 11.1. The van der Waals surface area contributed by atoms with Crippen LogP contribution in [0.3, 0.4) is 0 Å². The fourth-order valence-electron chi connectivity index (χ4n) is 2.08. The molecule has 0 amide bonds. The molecule has 0 aliphatic carbocycles. The molecule has 2 aromatic rings. The number of benzene rings is 2. The van der Waals surface area contributed by atoms with Gasteiger partial charge in [0.1, 0.15) is 5.82 Å². The van der Waals surface area contributed by atoms with Crippen LogP contribution in [0.5, 0.6) is 0 Å². The van der Waals surface area contributed by atoms with E-state index in [4.69, 9.17) is 0 Å². The van der Waals surface area contributed by atoms with Crippen molar-refractivity contribution < 1.29 is 4.39 Å². The number of hydrogen-bond acceptors (Lipinski definition) is 1. The number of halogens is 1. The van der Waals surface area contributed by atoms with Crippen LogP contribution in [-0.2, 0) is 6.54 Å². The average molecular weight is 243 g/mol. The van der Waals surface area contributed by atoms with E-state index >= 15 is 0 Å². The molecule has 0 radical (unpaired) electrons. The molecular formula is C16H18FN. The molecule has 18 heavy (non-hydrogen) atoms. The second kappa shape index (κ2) is 5.32. The first-order valence-electron chi connectivity index (χ1n) is 6.07. The van der Waals surface area contributed by atoms with Gasteiger partial charge in [0.15, 0.2) is 0 Å². The second-order valence-electron chi connectivity index (χ2n) is 4.85. The standard InChI is InChI=1S/C16H18FN/c1-12-15(5-4-6-16(12)17)14-9-7-13(8-10-14)11-18(2)3/h4-10H,11H2,1-3H3. The summed E-state index contributed by atoms with van der Waals surface area (Å²) in [7, 11) is 4.09. The lowest BCUT2D eigenvalue weighted by molar-refractivity contribution is 0.402. The van der Waals surface area contributed by atoms with Gasteiger partial charge in [0.2, 0.25) is 0 Å². The summed E-state index contributed by atoms with van der Waals surface area (Å²) in [5, 5.41) is 0. The Hall–Kier alpha value is -1.67. The van der Waals surface area contributed by atoms with Crippen LogP contribution in [0.25, 0.3) is 11.1 Å². The molecular weight excluding hydrogens is 225 g/mol. The van der Waals surface area contributed by atoms with Gasteiger partial charge in [-0.1, -0.05) is 36.4 Å². The summed E-state index contributed by atoms with van der Waals surface area (Å²) in [5.41, 5.74) is 4.00. The first-order valence-corrected chi connectivity index (χ1v) is 6.07. The maximum Gasteiger partial charge on any atom is 0.126 e. The van der Waals surface area contributed by atoms with Crippen LogP contribution in [0.15, 0.2) is 42.5 Å². The summed E-state index contributed by atoms with van der Waals surface area (Å²) in [4.78, 5) is 2.13. The van der Waals surface area contributed by atoms with Gasteiger partial charge >= 0.3 is 0 Å². The van der Waals surface area contributed by atoms with Crippen LogP contribution in [0, 0.1) is 12.7 Å². The van der Waals surface area contributed by atoms with Gasteiger partial charge in [-0.2, -0.15) is 0 Å². The van der Waals surface area contributed by atoms with Gasteiger partial charge in [-0.25, -0.2) is 4.39 Å². The topological polar surface area (TPSA) is 3.24 Å². The minimum absolute atomic E-state index is 0.148. The molecule has 0 spiro atoms. The largest absolute Gasteiger partial charge is 0.305 e. The maximum atomic E-state index is 13.5. The zero-order chi connectivity index (χ0) is 13.1. The Morgan fingerprint density at radius 3 is 2.28 bits per heavy atom. The van der Waals surface area contributed by atoms with E-state index in [9.17, 15) is 4.39 Å². The van der Waals surface area contributed by atoms with Gasteiger partial charge in [0.05, 0.1) is 0 Å². The molecule has 1 nitrogen and oxygen atoms in total. The van der Waals surface area contributed by atoms with Gasteiger partial charge in [-0.05, 0) is 49.3 Å². The molecule has 0 fully saturated rings. The Kier molecular flexibility index (Phi) is 3.78. The van der Waals surface area contributed by atoms with Crippen molar-refractivity contribution in [1.82, 2.24) is 4.90 Å². The summed E-state index contributed by atoms with van der Waals surface area (Å²) in [5.74, 6) is -0.148. The Bertz CT molecular complexity index is 529. The minimum Gasteiger partial charge on any atom is -0.305 e. The lowest BCUT2D eigenvalue weighted by atomic mass is 9.99. The Labute approximate surface area is 108 Å². The molecule has 0 aliphatic heterocycles. The van der Waals surface area contributed by atoms with Crippen molar-refractivity contribution in [2.24, 2.45) is 0 Å². The van der Waals surface area contributed by atoms with Crippen molar-refractivity contribution in [3.8, 4) is 11.1 Å². The quantitative estimate of drug-likeness (QED) is 0.791. The van der Waals surface area contributed by atoms with Crippen molar-refractivity contribution in [3.63, 3.8) is 0 Å². The lowest BCUT2D eigenvalue weighted by Crippen LogP contribution is -2.10. The summed E-state index contributed by atoms with van der Waals surface area (Å²) >= 11 is 0. The second-order valence-corrected chi connectivity index (χ2v) is 4.85. The van der Waals surface area contributed by atoms with Crippen LogP contribution in [0.4, 0.5) is 4.39 Å². The van der Waals surface area contributed by atoms with Gasteiger partial charge in [-0.15, -0.1) is 0 Å². The number of hydrogen-bond donors (Lipinski definition) is 0. The summed E-state index contributed by atoms with van der Waals surface area (Å²) in [6.45, 7) is 2.74. The predicted molar refractivity (Wildman–Crippen MR) is 74.0 cm³/mol. The van der Waals surface area contributed by atoms with E-state index in [-0.39, 0.29) is 5.82 Å². The van der Waals surface area contributed by atoms with Gasteiger partial charge < -0.3 is 4.90 Å². The molecule has 2 heteroatoms. The van der Waals surface area contributed by atoms with E-state index in [1.165, 1.54) is 11.6 Å². The van der Waals surface area contributed by atoms with Crippen LogP contribution < -0.4 is 0 Å². The van der Waals surface area contributed by atoms with E-state index in [2.05, 4.69) is 29.2 Å². The molecule has 0 N–H and O–H groups in total. The maximum absolute atomic E-state index is 13.5. The van der Waals surface area contributed by atoms with Gasteiger partial charge in [-0.3, -0.25) is 0 Å². The lowest BCUT2D eigenvalue weighted by Gasteiger charge is -2.11. The number of nitrogens with zero attached hydrogens (tertiary/aromatic N) is 1. The first kappa shape index (κ1) is 12.8. The molecule has 2 rings (SSSR count). The van der Waals surface area contributed by atoms with E-state index in [0.717, 1.165) is 17.7 Å². The van der Waals surface area contributed by atoms with Crippen LogP contribution in [-0.4, -0.2) is 19.0 Å². The van der Waals surface area contributed by atoms with E-state index in [0.29, 0.717) is 5.56 Å². The van der Waals surface area contributed by atoms with Crippen molar-refractivity contribution in [2.45, 2.75) is 13.5 Å². The van der Waals surface area contributed by atoms with Crippen molar-refractivity contribution in [3.05, 3.63) is 59.4 Å². The predicted octanol–water partition coefficient (Wildman–Crippen LogP) is 3.86. The molecule has 0 unspecified atom stereocenters. The van der Waals surface area contributed by atoms with Crippen molar-refractivity contribution in [2.75, 3.05) is 14.1 Å². The Morgan fingerprint density at radius 1 is 1.00 bits per heavy atom. The third-order valence-electron chi connectivity index (χ3n) is 3.03. The fraction of sp³-hybridized carbons (Fsp3) is 0.250. The molecule has 0 bridgehead atoms. The summed E-state index contributed by atoms with van der Waals surface area (Å²) < 4.78 is 13.5. The van der Waals surface area contributed by atoms with Crippen molar-refractivity contribution >= 4 is 0 Å². The highest BCUT2D eigenvalue weighted by Gasteiger charge is 2.05. The molecule has 94 valence electrons. The summed E-state index contributed by atoms with van der Waals surface area (Å²) in [6.07, 6.45) is 0. The smallest absolute Gasteiger partial charge is 0.126 e. The first-order chi connectivity index (χ1) is 8.58. The van der Waals surface area contributed by atoms with Crippen LogP contribution >= 0.6 is 0 Å². The number of rotatable bonds is 3. The molecule has 0 aromatic heterocycles. The van der Waals surface area contributed by atoms with E-state index < -0.39 is 0 Å². The molecule has 0 atom stereocenters. The van der Waals surface area contributed by atoms with Crippen LogP contribution in [0.2, 0.25) is 0 Å². The SMILES string of the molecule is Cc1c(F)cccc1-c1ccc(CN(C)C)cc1. The minimum atomic E-state index is -0.148. The van der Waals surface area contributed by atoms with Gasteiger partial charge in [0.25, 0.3) is 0 Å². The highest BCUT2D eigenvalue weighted by molar-refractivity contribution is 5.67. The Balaban J connectivity index is 2.32. The molecule has 0 heterocycles. The zero-order valence-electron chi connectivity index (χ0n) is 11.1. The van der Waals surface area contributed by atoms with Crippen LogP contribution in [0.1, 0.15) is 11.1 Å².